The number of rotatable bonds is 7. The number of anilines is 2. The van der Waals surface area contributed by atoms with Gasteiger partial charge in [-0.25, -0.2) is 0 Å². The first kappa shape index (κ1) is 16.8. The number of para-hydroxylation sites is 2. The summed E-state index contributed by atoms with van der Waals surface area (Å²) in [6, 6.07) is 8.41. The number of nitrogens with zero attached hydrogens (tertiary/aromatic N) is 3. The molecule has 130 valence electrons. The molecule has 3 rings (SSSR count). The average molecular weight is 330 g/mol. The van der Waals surface area contributed by atoms with E-state index in [-0.39, 0.29) is 6.10 Å². The monoisotopic (exact) mass is 330 g/mol. The summed E-state index contributed by atoms with van der Waals surface area (Å²) in [6.07, 6.45) is 3.70. The Labute approximate surface area is 143 Å². The highest BCUT2D eigenvalue weighted by Crippen LogP contribution is 2.28. The minimum Gasteiger partial charge on any atom is -0.374 e. The van der Waals surface area contributed by atoms with Crippen molar-refractivity contribution >= 4 is 11.4 Å². The highest BCUT2D eigenvalue weighted by Gasteiger charge is 2.16. The lowest BCUT2D eigenvalue weighted by Crippen LogP contribution is -2.30. The van der Waals surface area contributed by atoms with E-state index < -0.39 is 0 Å². The summed E-state index contributed by atoms with van der Waals surface area (Å²) in [4.78, 5) is 6.85. The quantitative estimate of drug-likeness (QED) is 0.834. The third kappa shape index (κ3) is 4.06. The van der Waals surface area contributed by atoms with Gasteiger partial charge < -0.3 is 19.5 Å². The Bertz CT molecular complexity index is 637. The maximum Gasteiger partial charge on any atom is 0.246 e. The van der Waals surface area contributed by atoms with E-state index in [0.29, 0.717) is 24.9 Å². The molecule has 1 aliphatic rings. The number of piperidine rings is 1. The first-order chi connectivity index (χ1) is 11.8. The van der Waals surface area contributed by atoms with Crippen LogP contribution in [0.5, 0.6) is 0 Å². The molecule has 0 bridgehead atoms. The van der Waals surface area contributed by atoms with Gasteiger partial charge in [0.05, 0.1) is 17.9 Å². The highest BCUT2D eigenvalue weighted by atomic mass is 16.5. The zero-order valence-corrected chi connectivity index (χ0v) is 14.5. The second-order valence-electron chi connectivity index (χ2n) is 6.06. The molecule has 1 aliphatic heterocycles. The molecule has 0 radical (unpaired) electrons. The van der Waals surface area contributed by atoms with Crippen molar-refractivity contribution < 1.29 is 9.26 Å². The molecule has 1 aromatic heterocycles. The molecule has 1 saturated heterocycles. The third-order valence-electron chi connectivity index (χ3n) is 4.29. The Kier molecular flexibility index (Phi) is 5.69. The predicted molar refractivity (Wildman–Crippen MR) is 94.2 cm³/mol. The lowest BCUT2D eigenvalue weighted by atomic mass is 10.1. The molecule has 1 atom stereocenters. The fourth-order valence-electron chi connectivity index (χ4n) is 3.03. The fourth-order valence-corrected chi connectivity index (χ4v) is 3.03. The van der Waals surface area contributed by atoms with Crippen LogP contribution in [0.15, 0.2) is 28.8 Å². The van der Waals surface area contributed by atoms with E-state index in [0.717, 1.165) is 18.8 Å². The van der Waals surface area contributed by atoms with Gasteiger partial charge in [-0.2, -0.15) is 4.98 Å². The zero-order chi connectivity index (χ0) is 16.8. The molecule has 0 saturated carbocycles. The Morgan fingerprint density at radius 3 is 2.83 bits per heavy atom. The maximum absolute atomic E-state index is 5.49. The van der Waals surface area contributed by atoms with Crippen molar-refractivity contribution in [1.29, 1.82) is 0 Å². The van der Waals surface area contributed by atoms with Crippen LogP contribution in [0.25, 0.3) is 0 Å². The standard InChI is InChI=1S/C18H26N4O2/c1-3-23-14(2)18-20-17(24-21-18)13-19-15-9-5-6-10-16(15)22-11-7-4-8-12-22/h5-6,9-10,14,19H,3-4,7-8,11-13H2,1-2H3. The number of ether oxygens (including phenoxy) is 1. The SMILES string of the molecule is CCOC(C)c1noc(CNc2ccccc2N2CCCCC2)n1. The first-order valence-corrected chi connectivity index (χ1v) is 8.80. The van der Waals surface area contributed by atoms with Crippen molar-refractivity contribution in [2.24, 2.45) is 0 Å². The molecule has 1 N–H and O–H groups in total. The van der Waals surface area contributed by atoms with E-state index in [2.05, 4.69) is 38.6 Å². The second-order valence-corrected chi connectivity index (χ2v) is 6.06. The molecule has 2 heterocycles. The van der Waals surface area contributed by atoms with Crippen LogP contribution < -0.4 is 10.2 Å². The molecule has 24 heavy (non-hydrogen) atoms. The Morgan fingerprint density at radius 2 is 2.04 bits per heavy atom. The number of aromatic nitrogens is 2. The Morgan fingerprint density at radius 1 is 1.25 bits per heavy atom. The predicted octanol–water partition coefficient (Wildman–Crippen LogP) is 3.77. The van der Waals surface area contributed by atoms with Gasteiger partial charge in [0.15, 0.2) is 5.82 Å². The summed E-state index contributed by atoms with van der Waals surface area (Å²) in [6.45, 7) is 7.27. The van der Waals surface area contributed by atoms with E-state index in [1.54, 1.807) is 0 Å². The number of hydrogen-bond donors (Lipinski definition) is 1. The van der Waals surface area contributed by atoms with Gasteiger partial charge in [0, 0.05) is 19.7 Å². The fraction of sp³-hybridized carbons (Fsp3) is 0.556. The van der Waals surface area contributed by atoms with E-state index in [1.807, 2.05) is 19.9 Å². The topological polar surface area (TPSA) is 63.4 Å². The van der Waals surface area contributed by atoms with E-state index in [1.165, 1.54) is 24.9 Å². The lowest BCUT2D eigenvalue weighted by Gasteiger charge is -2.30. The van der Waals surface area contributed by atoms with Crippen molar-refractivity contribution in [3.05, 3.63) is 36.0 Å². The van der Waals surface area contributed by atoms with Crippen molar-refractivity contribution in [3.63, 3.8) is 0 Å². The van der Waals surface area contributed by atoms with Crippen LogP contribution in [0.4, 0.5) is 11.4 Å². The van der Waals surface area contributed by atoms with Gasteiger partial charge in [0.1, 0.15) is 6.10 Å². The molecule has 0 amide bonds. The van der Waals surface area contributed by atoms with Gasteiger partial charge in [-0.05, 0) is 45.2 Å². The molecule has 6 heteroatoms. The number of hydrogen-bond acceptors (Lipinski definition) is 6. The molecule has 2 aromatic rings. The highest BCUT2D eigenvalue weighted by molar-refractivity contribution is 5.70. The van der Waals surface area contributed by atoms with Crippen LogP contribution in [0, 0.1) is 0 Å². The third-order valence-corrected chi connectivity index (χ3v) is 4.29. The van der Waals surface area contributed by atoms with E-state index in [4.69, 9.17) is 9.26 Å². The molecule has 0 aliphatic carbocycles. The molecule has 1 fully saturated rings. The van der Waals surface area contributed by atoms with E-state index in [9.17, 15) is 0 Å². The van der Waals surface area contributed by atoms with Crippen LogP contribution >= 0.6 is 0 Å². The molecule has 1 aromatic carbocycles. The molecular weight excluding hydrogens is 304 g/mol. The van der Waals surface area contributed by atoms with Crippen molar-refractivity contribution in [2.75, 3.05) is 29.9 Å². The Hall–Kier alpha value is -2.08. The summed E-state index contributed by atoms with van der Waals surface area (Å²) in [5.74, 6) is 1.17. The van der Waals surface area contributed by atoms with Crippen LogP contribution in [0.1, 0.15) is 50.9 Å². The minimum absolute atomic E-state index is 0.145. The number of benzene rings is 1. The summed E-state index contributed by atoms with van der Waals surface area (Å²) < 4.78 is 10.8. The maximum atomic E-state index is 5.49. The largest absolute Gasteiger partial charge is 0.374 e. The van der Waals surface area contributed by atoms with Gasteiger partial charge in [0.2, 0.25) is 5.89 Å². The minimum atomic E-state index is -0.145. The van der Waals surface area contributed by atoms with Gasteiger partial charge in [-0.1, -0.05) is 17.3 Å². The van der Waals surface area contributed by atoms with Gasteiger partial charge in [0.25, 0.3) is 0 Å². The normalized spacial score (nSPS) is 16.2. The van der Waals surface area contributed by atoms with Gasteiger partial charge in [-0.3, -0.25) is 0 Å². The lowest BCUT2D eigenvalue weighted by molar-refractivity contribution is 0.0683. The molecule has 6 nitrogen and oxygen atoms in total. The van der Waals surface area contributed by atoms with Gasteiger partial charge in [-0.15, -0.1) is 0 Å². The summed E-state index contributed by atoms with van der Waals surface area (Å²) >= 11 is 0. The average Bonchev–Trinajstić information content (AvgIpc) is 3.10. The summed E-state index contributed by atoms with van der Waals surface area (Å²) in [7, 11) is 0. The van der Waals surface area contributed by atoms with Crippen molar-refractivity contribution in [3.8, 4) is 0 Å². The van der Waals surface area contributed by atoms with E-state index >= 15 is 0 Å². The first-order valence-electron chi connectivity index (χ1n) is 8.80. The van der Waals surface area contributed by atoms with Crippen molar-refractivity contribution in [2.45, 2.75) is 45.8 Å². The molecular formula is C18H26N4O2. The van der Waals surface area contributed by atoms with Gasteiger partial charge >= 0.3 is 0 Å². The van der Waals surface area contributed by atoms with Crippen molar-refractivity contribution in [1.82, 2.24) is 10.1 Å². The second kappa shape index (κ2) is 8.15. The summed E-state index contributed by atoms with van der Waals surface area (Å²) in [5, 5.41) is 7.43. The molecule has 0 spiro atoms. The molecule has 1 unspecified atom stereocenters. The summed E-state index contributed by atoms with van der Waals surface area (Å²) in [5.41, 5.74) is 2.36. The van der Waals surface area contributed by atoms with Crippen LogP contribution in [-0.4, -0.2) is 29.8 Å². The van der Waals surface area contributed by atoms with Crippen LogP contribution in [0.3, 0.4) is 0 Å². The smallest absolute Gasteiger partial charge is 0.246 e. The number of nitrogens with one attached hydrogen (secondary N) is 1. The van der Waals surface area contributed by atoms with Crippen LogP contribution in [0.2, 0.25) is 0 Å². The van der Waals surface area contributed by atoms with Crippen LogP contribution in [-0.2, 0) is 11.3 Å². The zero-order valence-electron chi connectivity index (χ0n) is 14.5. The Balaban J connectivity index is 1.64.